The number of carboxylic acids is 2. The maximum absolute atomic E-state index is 11.6. The van der Waals surface area contributed by atoms with E-state index in [2.05, 4.69) is 31.5 Å². The highest BCUT2D eigenvalue weighted by molar-refractivity contribution is 8.00. The van der Waals surface area contributed by atoms with Crippen LogP contribution in [-0.4, -0.2) is 92.5 Å². The van der Waals surface area contributed by atoms with Crippen molar-refractivity contribution in [2.75, 3.05) is 11.5 Å². The van der Waals surface area contributed by atoms with Gasteiger partial charge in [-0.3, -0.25) is 0 Å². The molecule has 0 saturated carbocycles. The van der Waals surface area contributed by atoms with E-state index < -0.39 is 24.0 Å². The number of urea groups is 2. The van der Waals surface area contributed by atoms with E-state index in [-0.39, 0.29) is 59.6 Å². The number of azo groups is 1. The fourth-order valence-corrected chi connectivity index (χ4v) is 8.02. The van der Waals surface area contributed by atoms with Crippen LogP contribution in [0.2, 0.25) is 0 Å². The minimum Gasteiger partial charge on any atom is -0.480 e. The van der Waals surface area contributed by atoms with Crippen molar-refractivity contribution >= 4 is 47.5 Å². The molecular weight excluding hydrogens is 484 g/mol. The Bertz CT molecular complexity index is 780. The predicted octanol–water partition coefficient (Wildman–Crippen LogP) is 1.02. The molecular formula is C20H30N6O6S2. The average Bonchev–Trinajstić information content (AvgIpc) is 3.51. The summed E-state index contributed by atoms with van der Waals surface area (Å²) >= 11 is 3.52. The SMILES string of the molecule is O=C1N[C@H]2[C@H](CS[C@H]2CCCC(N=NC(CCC[C@@H]2SC[C@@H]3NC(=O)N[C@@H]32)C(=O)O)C(=O)O)N1. The lowest BCUT2D eigenvalue weighted by Crippen LogP contribution is -2.37. The molecule has 0 aromatic heterocycles. The summed E-state index contributed by atoms with van der Waals surface area (Å²) in [7, 11) is 0. The molecule has 4 saturated heterocycles. The molecule has 4 amide bonds. The number of fused-ring (bicyclic) bond motifs is 2. The molecule has 4 heterocycles. The monoisotopic (exact) mass is 514 g/mol. The maximum Gasteiger partial charge on any atom is 0.330 e. The first kappa shape index (κ1) is 24.9. The minimum absolute atomic E-state index is 0.0560. The zero-order valence-electron chi connectivity index (χ0n) is 18.5. The van der Waals surface area contributed by atoms with Crippen LogP contribution in [0.4, 0.5) is 9.59 Å². The number of carboxylic acid groups (broad SMARTS) is 2. The smallest absolute Gasteiger partial charge is 0.330 e. The van der Waals surface area contributed by atoms with Crippen LogP contribution in [0.3, 0.4) is 0 Å². The molecule has 0 aromatic rings. The Morgan fingerprint density at radius 1 is 0.794 bits per heavy atom. The zero-order valence-corrected chi connectivity index (χ0v) is 20.1. The standard InChI is InChI=1S/C20H30N6O6S2/c27-17(28)9(3-1-5-13-15-11(7-33-13)21-19(31)23-15)25-26-10(18(29)30)4-2-6-14-16-12(8-34-14)22-20(32)24-16/h9-16H,1-8H2,(H,27,28)(H,29,30)(H2,21,23,31)(H2,22,24,32)/t9?,10?,11-,12-,13-,14-,15-,16-/m0/s1. The number of hydrogen-bond acceptors (Lipinski definition) is 8. The number of amides is 4. The van der Waals surface area contributed by atoms with Gasteiger partial charge in [-0.05, 0) is 38.5 Å². The second-order valence-electron chi connectivity index (χ2n) is 9.04. The van der Waals surface area contributed by atoms with Crippen LogP contribution in [0.1, 0.15) is 38.5 Å². The quantitative estimate of drug-likeness (QED) is 0.165. The Balaban J connectivity index is 1.22. The maximum atomic E-state index is 11.6. The second-order valence-corrected chi connectivity index (χ2v) is 11.6. The number of carbonyl (C=O) groups is 4. The summed E-state index contributed by atoms with van der Waals surface area (Å²) in [6.07, 6.45) is 3.17. The number of nitrogens with zero attached hydrogens (tertiary/aromatic N) is 2. The van der Waals surface area contributed by atoms with Crippen molar-refractivity contribution in [2.45, 2.75) is 85.3 Å². The van der Waals surface area contributed by atoms with Crippen molar-refractivity contribution in [3.63, 3.8) is 0 Å². The Morgan fingerprint density at radius 3 is 1.59 bits per heavy atom. The second kappa shape index (κ2) is 11.0. The first-order valence-electron chi connectivity index (χ1n) is 11.5. The van der Waals surface area contributed by atoms with Gasteiger partial charge in [0.25, 0.3) is 0 Å². The van der Waals surface area contributed by atoms with Crippen molar-refractivity contribution in [3.8, 4) is 0 Å². The van der Waals surface area contributed by atoms with Crippen LogP contribution < -0.4 is 21.3 Å². The average molecular weight is 515 g/mol. The van der Waals surface area contributed by atoms with Crippen LogP contribution in [0.5, 0.6) is 0 Å². The molecule has 14 heteroatoms. The van der Waals surface area contributed by atoms with E-state index in [1.165, 1.54) is 0 Å². The topological polar surface area (TPSA) is 182 Å². The fourth-order valence-electron chi connectivity index (χ4n) is 4.93. The minimum atomic E-state index is -1.13. The third-order valence-electron chi connectivity index (χ3n) is 6.72. The van der Waals surface area contributed by atoms with Gasteiger partial charge < -0.3 is 31.5 Å². The molecule has 8 atom stereocenters. The Labute approximate surface area is 205 Å². The molecule has 0 spiro atoms. The molecule has 188 valence electrons. The lowest BCUT2D eigenvalue weighted by molar-refractivity contribution is -0.140. The normalized spacial score (nSPS) is 33.5. The summed E-state index contributed by atoms with van der Waals surface area (Å²) in [5.74, 6) is -0.586. The number of aliphatic carboxylic acids is 2. The molecule has 0 aromatic carbocycles. The van der Waals surface area contributed by atoms with E-state index in [1.807, 2.05) is 0 Å². The van der Waals surface area contributed by atoms with E-state index in [1.54, 1.807) is 23.5 Å². The molecule has 0 aliphatic carbocycles. The first-order chi connectivity index (χ1) is 16.3. The third kappa shape index (κ3) is 5.88. The highest BCUT2D eigenvalue weighted by Crippen LogP contribution is 2.34. The predicted molar refractivity (Wildman–Crippen MR) is 126 cm³/mol. The molecule has 34 heavy (non-hydrogen) atoms. The van der Waals surface area contributed by atoms with Gasteiger partial charge in [-0.1, -0.05) is 0 Å². The van der Waals surface area contributed by atoms with E-state index in [4.69, 9.17) is 0 Å². The van der Waals surface area contributed by atoms with Gasteiger partial charge in [0.2, 0.25) is 0 Å². The number of rotatable bonds is 12. The Kier molecular flexibility index (Phi) is 8.06. The summed E-state index contributed by atoms with van der Waals surface area (Å²) in [6, 6.07) is -2.16. The lowest BCUT2D eigenvalue weighted by Gasteiger charge is -2.17. The summed E-state index contributed by atoms with van der Waals surface area (Å²) < 4.78 is 0. The fraction of sp³-hybridized carbons (Fsp3) is 0.800. The van der Waals surface area contributed by atoms with Crippen molar-refractivity contribution in [1.82, 2.24) is 21.3 Å². The van der Waals surface area contributed by atoms with Crippen molar-refractivity contribution in [2.24, 2.45) is 10.2 Å². The molecule has 2 unspecified atom stereocenters. The summed E-state index contributed by atoms with van der Waals surface area (Å²) in [5.41, 5.74) is 0. The molecule has 12 nitrogen and oxygen atoms in total. The van der Waals surface area contributed by atoms with Gasteiger partial charge in [-0.15, -0.1) is 0 Å². The highest BCUT2D eigenvalue weighted by Gasteiger charge is 2.43. The van der Waals surface area contributed by atoms with Gasteiger partial charge in [-0.2, -0.15) is 33.8 Å². The molecule has 4 aliphatic heterocycles. The number of nitrogens with one attached hydrogen (secondary N) is 4. The number of thioether (sulfide) groups is 2. The van der Waals surface area contributed by atoms with Crippen molar-refractivity contribution in [1.29, 1.82) is 0 Å². The molecule has 0 bridgehead atoms. The number of carbonyl (C=O) groups excluding carboxylic acids is 2. The van der Waals surface area contributed by atoms with Gasteiger partial charge in [0.1, 0.15) is 0 Å². The van der Waals surface area contributed by atoms with E-state index in [0.717, 1.165) is 24.3 Å². The van der Waals surface area contributed by atoms with Crippen LogP contribution in [0.15, 0.2) is 10.2 Å². The summed E-state index contributed by atoms with van der Waals surface area (Å²) in [5, 5.41) is 38.8. The lowest BCUT2D eigenvalue weighted by atomic mass is 10.0. The summed E-state index contributed by atoms with van der Waals surface area (Å²) in [6.45, 7) is 0. The third-order valence-corrected chi connectivity index (χ3v) is 9.74. The summed E-state index contributed by atoms with van der Waals surface area (Å²) in [4.78, 5) is 46.2. The van der Waals surface area contributed by atoms with Crippen LogP contribution >= 0.6 is 23.5 Å². The van der Waals surface area contributed by atoms with Crippen LogP contribution in [-0.2, 0) is 9.59 Å². The molecule has 6 N–H and O–H groups in total. The van der Waals surface area contributed by atoms with Crippen LogP contribution in [0.25, 0.3) is 0 Å². The van der Waals surface area contributed by atoms with Gasteiger partial charge >= 0.3 is 24.0 Å². The first-order valence-corrected chi connectivity index (χ1v) is 13.6. The van der Waals surface area contributed by atoms with Gasteiger partial charge in [0.15, 0.2) is 12.1 Å². The van der Waals surface area contributed by atoms with Gasteiger partial charge in [-0.25, -0.2) is 19.2 Å². The van der Waals surface area contributed by atoms with E-state index in [0.29, 0.717) is 12.8 Å². The van der Waals surface area contributed by atoms with Crippen molar-refractivity contribution < 1.29 is 29.4 Å². The molecule has 0 radical (unpaired) electrons. The van der Waals surface area contributed by atoms with E-state index in [9.17, 15) is 29.4 Å². The molecule has 4 aliphatic rings. The van der Waals surface area contributed by atoms with Gasteiger partial charge in [0.05, 0.1) is 24.2 Å². The largest absolute Gasteiger partial charge is 0.480 e. The van der Waals surface area contributed by atoms with Crippen LogP contribution in [0, 0.1) is 0 Å². The van der Waals surface area contributed by atoms with Gasteiger partial charge in [0, 0.05) is 22.0 Å². The van der Waals surface area contributed by atoms with Crippen molar-refractivity contribution in [3.05, 3.63) is 0 Å². The Morgan fingerprint density at radius 2 is 1.21 bits per heavy atom. The molecule has 4 rings (SSSR count). The number of hydrogen-bond donors (Lipinski definition) is 6. The Hall–Kier alpha value is -2.22. The molecule has 4 fully saturated rings. The van der Waals surface area contributed by atoms with E-state index >= 15 is 0 Å². The zero-order chi connectivity index (χ0) is 24.2. The highest BCUT2D eigenvalue weighted by atomic mass is 32.2.